The van der Waals surface area contributed by atoms with Crippen molar-refractivity contribution in [3.63, 3.8) is 0 Å². The van der Waals surface area contributed by atoms with E-state index in [0.717, 1.165) is 12.1 Å². The lowest BCUT2D eigenvalue weighted by molar-refractivity contribution is -0.137. The van der Waals surface area contributed by atoms with E-state index in [1.165, 1.54) is 12.1 Å². The standard InChI is InChI=1S/C13H14ClF3N2O3S/c14-10-6-23(21,22)7-11(10)18-5-12(20)19-9-3-1-2-8(4-9)13(15,16)17/h1-4,10-11,18H,5-7H2,(H,19,20). The van der Waals surface area contributed by atoms with Crippen LogP contribution in [0.15, 0.2) is 24.3 Å². The summed E-state index contributed by atoms with van der Waals surface area (Å²) < 4.78 is 60.5. The molecule has 0 aromatic heterocycles. The number of nitrogens with one attached hydrogen (secondary N) is 2. The van der Waals surface area contributed by atoms with Crippen LogP contribution < -0.4 is 10.6 Å². The molecule has 1 aromatic rings. The first-order chi connectivity index (χ1) is 10.6. The number of carbonyl (C=O) groups excluding carboxylic acids is 1. The Bertz CT molecular complexity index is 694. The van der Waals surface area contributed by atoms with Crippen molar-refractivity contribution in [2.75, 3.05) is 23.4 Å². The van der Waals surface area contributed by atoms with Gasteiger partial charge < -0.3 is 10.6 Å². The van der Waals surface area contributed by atoms with Gasteiger partial charge in [-0.3, -0.25) is 4.79 Å². The van der Waals surface area contributed by atoms with E-state index >= 15 is 0 Å². The summed E-state index contributed by atoms with van der Waals surface area (Å²) in [4.78, 5) is 11.8. The Kier molecular flexibility index (Phi) is 5.22. The Hall–Kier alpha value is -1.32. The van der Waals surface area contributed by atoms with E-state index in [1.54, 1.807) is 0 Å². The third-order valence-corrected chi connectivity index (χ3v) is 5.66. The lowest BCUT2D eigenvalue weighted by Gasteiger charge is -2.14. The maximum Gasteiger partial charge on any atom is 0.416 e. The third-order valence-electron chi connectivity index (χ3n) is 3.28. The van der Waals surface area contributed by atoms with Crippen LogP contribution in [0, 0.1) is 0 Å². The van der Waals surface area contributed by atoms with Crippen molar-refractivity contribution in [1.82, 2.24) is 5.32 Å². The van der Waals surface area contributed by atoms with Gasteiger partial charge in [0.15, 0.2) is 9.84 Å². The molecule has 1 heterocycles. The zero-order chi connectivity index (χ0) is 17.3. The smallest absolute Gasteiger partial charge is 0.325 e. The van der Waals surface area contributed by atoms with E-state index in [2.05, 4.69) is 10.6 Å². The molecule has 10 heteroatoms. The van der Waals surface area contributed by atoms with Gasteiger partial charge in [-0.1, -0.05) is 6.07 Å². The molecule has 2 unspecified atom stereocenters. The van der Waals surface area contributed by atoms with E-state index in [0.29, 0.717) is 0 Å². The Labute approximate surface area is 136 Å². The van der Waals surface area contributed by atoms with Crippen LogP contribution in [-0.4, -0.2) is 43.8 Å². The Morgan fingerprint density at radius 3 is 2.57 bits per heavy atom. The highest BCUT2D eigenvalue weighted by atomic mass is 35.5. The molecule has 0 saturated carbocycles. The highest BCUT2D eigenvalue weighted by Gasteiger charge is 2.36. The number of alkyl halides is 4. The van der Waals surface area contributed by atoms with Crippen molar-refractivity contribution < 1.29 is 26.4 Å². The second-order valence-corrected chi connectivity index (χ2v) is 7.92. The molecule has 0 bridgehead atoms. The minimum Gasteiger partial charge on any atom is -0.325 e. The molecule has 0 radical (unpaired) electrons. The van der Waals surface area contributed by atoms with Gasteiger partial charge in [-0.2, -0.15) is 13.2 Å². The summed E-state index contributed by atoms with van der Waals surface area (Å²) in [5.41, 5.74) is -0.862. The van der Waals surface area contributed by atoms with Crippen molar-refractivity contribution in [3.05, 3.63) is 29.8 Å². The number of amides is 1. The largest absolute Gasteiger partial charge is 0.416 e. The first-order valence-corrected chi connectivity index (χ1v) is 8.87. The molecule has 1 fully saturated rings. The summed E-state index contributed by atoms with van der Waals surface area (Å²) in [5, 5.41) is 4.39. The van der Waals surface area contributed by atoms with Gasteiger partial charge in [-0.15, -0.1) is 11.6 Å². The number of sulfone groups is 1. The molecule has 1 aliphatic rings. The molecule has 0 spiro atoms. The van der Waals surface area contributed by atoms with Crippen LogP contribution in [0.1, 0.15) is 5.56 Å². The number of hydrogen-bond donors (Lipinski definition) is 2. The van der Waals surface area contributed by atoms with Crippen LogP contribution in [0.4, 0.5) is 18.9 Å². The molecule has 128 valence electrons. The Balaban J connectivity index is 1.91. The molecule has 0 aliphatic carbocycles. The van der Waals surface area contributed by atoms with Gasteiger partial charge in [0.1, 0.15) is 0 Å². The molecule has 2 atom stereocenters. The van der Waals surface area contributed by atoms with Crippen LogP contribution in [-0.2, 0) is 20.8 Å². The van der Waals surface area contributed by atoms with Crippen molar-refractivity contribution in [2.24, 2.45) is 0 Å². The Morgan fingerprint density at radius 2 is 2.00 bits per heavy atom. The number of carbonyl (C=O) groups is 1. The molecule has 1 aliphatic heterocycles. The molecule has 5 nitrogen and oxygen atoms in total. The quantitative estimate of drug-likeness (QED) is 0.790. The monoisotopic (exact) mass is 370 g/mol. The van der Waals surface area contributed by atoms with Crippen LogP contribution in [0.5, 0.6) is 0 Å². The molecular formula is C13H14ClF3N2O3S. The fraction of sp³-hybridized carbons (Fsp3) is 0.462. The van der Waals surface area contributed by atoms with E-state index in [1.807, 2.05) is 0 Å². The van der Waals surface area contributed by atoms with Gasteiger partial charge in [0.05, 0.1) is 29.0 Å². The van der Waals surface area contributed by atoms with Gasteiger partial charge in [-0.25, -0.2) is 8.42 Å². The molecule has 2 N–H and O–H groups in total. The van der Waals surface area contributed by atoms with E-state index in [4.69, 9.17) is 11.6 Å². The number of rotatable bonds is 4. The van der Waals surface area contributed by atoms with Crippen molar-refractivity contribution in [1.29, 1.82) is 0 Å². The summed E-state index contributed by atoms with van der Waals surface area (Å²) in [6, 6.07) is 3.67. The van der Waals surface area contributed by atoms with Crippen LogP contribution in [0.3, 0.4) is 0 Å². The highest BCUT2D eigenvalue weighted by Crippen LogP contribution is 2.30. The molecule has 1 amide bonds. The fourth-order valence-corrected chi connectivity index (χ4v) is 4.80. The lowest BCUT2D eigenvalue weighted by atomic mass is 10.2. The van der Waals surface area contributed by atoms with Gasteiger partial charge in [0.2, 0.25) is 5.91 Å². The van der Waals surface area contributed by atoms with Crippen molar-refractivity contribution in [2.45, 2.75) is 17.6 Å². The number of hydrogen-bond acceptors (Lipinski definition) is 4. The SMILES string of the molecule is O=C(CNC1CS(=O)(=O)CC1Cl)Nc1cccc(C(F)(F)F)c1. The summed E-state index contributed by atoms with van der Waals surface area (Å²) in [6.45, 7) is -0.250. The van der Waals surface area contributed by atoms with E-state index in [-0.39, 0.29) is 23.7 Å². The van der Waals surface area contributed by atoms with Crippen LogP contribution in [0.2, 0.25) is 0 Å². The van der Waals surface area contributed by atoms with Crippen molar-refractivity contribution in [3.8, 4) is 0 Å². The van der Waals surface area contributed by atoms with Gasteiger partial charge in [0, 0.05) is 11.7 Å². The average molecular weight is 371 g/mol. The molecule has 23 heavy (non-hydrogen) atoms. The second-order valence-electron chi connectivity index (χ2n) is 5.21. The number of anilines is 1. The predicted octanol–water partition coefficient (Wildman–Crippen LogP) is 1.64. The zero-order valence-electron chi connectivity index (χ0n) is 11.7. The highest BCUT2D eigenvalue weighted by molar-refractivity contribution is 7.91. The minimum atomic E-state index is -4.50. The minimum absolute atomic E-state index is 0.00749. The lowest BCUT2D eigenvalue weighted by Crippen LogP contribution is -2.41. The van der Waals surface area contributed by atoms with Gasteiger partial charge in [0.25, 0.3) is 0 Å². The molecular weight excluding hydrogens is 357 g/mol. The second kappa shape index (κ2) is 6.66. The van der Waals surface area contributed by atoms with Gasteiger partial charge in [-0.05, 0) is 18.2 Å². The summed E-state index contributed by atoms with van der Waals surface area (Å²) in [6.07, 6.45) is -4.50. The third kappa shape index (κ3) is 5.08. The maximum atomic E-state index is 12.6. The zero-order valence-corrected chi connectivity index (χ0v) is 13.3. The summed E-state index contributed by atoms with van der Waals surface area (Å²) in [7, 11) is -3.22. The molecule has 1 aromatic carbocycles. The number of benzene rings is 1. The fourth-order valence-electron chi connectivity index (χ4n) is 2.19. The van der Waals surface area contributed by atoms with Crippen LogP contribution in [0.25, 0.3) is 0 Å². The van der Waals surface area contributed by atoms with E-state index in [9.17, 15) is 26.4 Å². The topological polar surface area (TPSA) is 75.3 Å². The molecule has 1 saturated heterocycles. The first-order valence-electron chi connectivity index (χ1n) is 6.62. The maximum absolute atomic E-state index is 12.6. The summed E-state index contributed by atoms with van der Waals surface area (Å²) in [5.74, 6) is -0.920. The predicted molar refractivity (Wildman–Crippen MR) is 80.2 cm³/mol. The number of halogens is 4. The molecule has 2 rings (SSSR count). The normalized spacial score (nSPS) is 23.7. The van der Waals surface area contributed by atoms with Crippen LogP contribution >= 0.6 is 11.6 Å². The average Bonchev–Trinajstić information content (AvgIpc) is 2.68. The summed E-state index contributed by atoms with van der Waals surface area (Å²) >= 11 is 5.88. The van der Waals surface area contributed by atoms with Gasteiger partial charge >= 0.3 is 6.18 Å². The van der Waals surface area contributed by atoms with E-state index < -0.39 is 38.9 Å². The first kappa shape index (κ1) is 18.0. The van der Waals surface area contributed by atoms with Crippen molar-refractivity contribution >= 4 is 33.0 Å². The Morgan fingerprint density at radius 1 is 1.30 bits per heavy atom.